The van der Waals surface area contributed by atoms with Crippen LogP contribution in [-0.4, -0.2) is 48.1 Å². The summed E-state index contributed by atoms with van der Waals surface area (Å²) < 4.78 is 34.8. The Morgan fingerprint density at radius 1 is 1.28 bits per heavy atom. The van der Waals surface area contributed by atoms with Crippen LogP contribution in [0.4, 0.5) is 5.69 Å². The fourth-order valence-electron chi connectivity index (χ4n) is 3.39. The van der Waals surface area contributed by atoms with Gasteiger partial charge in [-0.05, 0) is 44.9 Å². The number of anilines is 1. The topological polar surface area (TPSA) is 93.5 Å². The van der Waals surface area contributed by atoms with Crippen molar-refractivity contribution < 1.29 is 17.9 Å². The molecule has 0 unspecified atom stereocenters. The molecule has 1 aliphatic heterocycles. The highest BCUT2D eigenvalue weighted by Crippen LogP contribution is 2.32. The van der Waals surface area contributed by atoms with Crippen LogP contribution in [0.25, 0.3) is 0 Å². The first kappa shape index (κ1) is 21.6. The number of halogens is 1. The van der Waals surface area contributed by atoms with E-state index in [2.05, 4.69) is 10.4 Å². The molecule has 3 rings (SSSR count). The van der Waals surface area contributed by atoms with Gasteiger partial charge in [-0.2, -0.15) is 9.40 Å². The number of sulfonamides is 1. The molecule has 0 bridgehead atoms. The highest BCUT2D eigenvalue weighted by atomic mass is 35.5. The van der Waals surface area contributed by atoms with Crippen LogP contribution >= 0.6 is 11.6 Å². The Labute approximate surface area is 175 Å². The second-order valence-corrected chi connectivity index (χ2v) is 9.15. The van der Waals surface area contributed by atoms with Gasteiger partial charge in [-0.1, -0.05) is 18.0 Å². The highest BCUT2D eigenvalue weighted by Gasteiger charge is 2.29. The number of ether oxygens (including phenoxy) is 1. The molecule has 29 heavy (non-hydrogen) atoms. The Morgan fingerprint density at radius 2 is 1.97 bits per heavy atom. The van der Waals surface area contributed by atoms with Gasteiger partial charge in [-0.25, -0.2) is 8.42 Å². The summed E-state index contributed by atoms with van der Waals surface area (Å²) in [4.78, 5) is 12.8. The molecule has 1 aromatic heterocycles. The lowest BCUT2D eigenvalue weighted by Crippen LogP contribution is -2.35. The van der Waals surface area contributed by atoms with E-state index in [0.29, 0.717) is 31.1 Å². The fourth-order valence-corrected chi connectivity index (χ4v) is 5.32. The molecule has 2 heterocycles. The van der Waals surface area contributed by atoms with Crippen molar-refractivity contribution in [2.45, 2.75) is 38.0 Å². The van der Waals surface area contributed by atoms with Crippen LogP contribution in [0.3, 0.4) is 0 Å². The second kappa shape index (κ2) is 8.73. The lowest BCUT2D eigenvalue weighted by Gasteiger charge is -2.27. The highest BCUT2D eigenvalue weighted by molar-refractivity contribution is 7.89. The number of aromatic nitrogens is 2. The van der Waals surface area contributed by atoms with Gasteiger partial charge in [-0.3, -0.25) is 9.48 Å². The van der Waals surface area contributed by atoms with Gasteiger partial charge in [0.25, 0.3) is 5.91 Å². The third-order valence-electron chi connectivity index (χ3n) is 4.81. The first-order chi connectivity index (χ1) is 13.8. The minimum absolute atomic E-state index is 0.0491. The molecule has 158 valence electrons. The van der Waals surface area contributed by atoms with Gasteiger partial charge < -0.3 is 10.1 Å². The van der Waals surface area contributed by atoms with Crippen LogP contribution in [0.5, 0.6) is 5.75 Å². The number of piperidine rings is 1. The Balaban J connectivity index is 1.95. The van der Waals surface area contributed by atoms with E-state index in [4.69, 9.17) is 16.3 Å². The van der Waals surface area contributed by atoms with Gasteiger partial charge in [0.05, 0.1) is 17.9 Å². The number of benzene rings is 1. The number of aryl methyl sites for hydroxylation is 2. The number of hydrogen-bond acceptors (Lipinski definition) is 5. The van der Waals surface area contributed by atoms with Gasteiger partial charge in [0.1, 0.15) is 15.8 Å². The van der Waals surface area contributed by atoms with Gasteiger partial charge >= 0.3 is 0 Å². The van der Waals surface area contributed by atoms with Gasteiger partial charge in [0.15, 0.2) is 0 Å². The molecule has 1 N–H and O–H groups in total. The van der Waals surface area contributed by atoms with Gasteiger partial charge in [0, 0.05) is 25.8 Å². The Morgan fingerprint density at radius 3 is 2.55 bits per heavy atom. The van der Waals surface area contributed by atoms with Gasteiger partial charge in [0.2, 0.25) is 10.0 Å². The molecule has 0 spiro atoms. The number of carbonyl (C=O) groups excluding carboxylic acids is 1. The smallest absolute Gasteiger partial charge is 0.260 e. The summed E-state index contributed by atoms with van der Waals surface area (Å²) in [7, 11) is -2.09. The third kappa shape index (κ3) is 4.41. The van der Waals surface area contributed by atoms with E-state index in [1.165, 1.54) is 15.1 Å². The minimum atomic E-state index is -3.74. The molecular weight excluding hydrogens is 416 g/mol. The van der Waals surface area contributed by atoms with Crippen molar-refractivity contribution in [2.75, 3.05) is 25.0 Å². The van der Waals surface area contributed by atoms with Crippen LogP contribution in [0, 0.1) is 6.92 Å². The van der Waals surface area contributed by atoms with E-state index in [-0.39, 0.29) is 21.4 Å². The maximum Gasteiger partial charge on any atom is 0.260 e. The van der Waals surface area contributed by atoms with E-state index in [0.717, 1.165) is 19.3 Å². The molecule has 0 saturated carbocycles. The predicted octanol–water partition coefficient (Wildman–Crippen LogP) is 3.21. The molecule has 0 radical (unpaired) electrons. The molecule has 10 heteroatoms. The molecule has 1 amide bonds. The molecule has 1 aliphatic rings. The Kier molecular flexibility index (Phi) is 6.50. The largest absolute Gasteiger partial charge is 0.492 e. The van der Waals surface area contributed by atoms with E-state index < -0.39 is 15.9 Å². The SMILES string of the molecule is CCOc1ccc(NC(=O)c2c(C)nn(C)c2Cl)cc1S(=O)(=O)N1CCCCC1. The van der Waals surface area contributed by atoms with Crippen LogP contribution in [-0.2, 0) is 17.1 Å². The average Bonchev–Trinajstić information content (AvgIpc) is 2.95. The van der Waals surface area contributed by atoms with Crippen LogP contribution in [0.1, 0.15) is 42.2 Å². The number of hydrogen-bond donors (Lipinski definition) is 1. The molecule has 8 nitrogen and oxygen atoms in total. The first-order valence-electron chi connectivity index (χ1n) is 9.53. The summed E-state index contributed by atoms with van der Waals surface area (Å²) in [5.41, 5.74) is 1.08. The van der Waals surface area contributed by atoms with Crippen LogP contribution in [0.2, 0.25) is 5.15 Å². The normalized spacial score (nSPS) is 15.3. The quantitative estimate of drug-likeness (QED) is 0.744. The maximum absolute atomic E-state index is 13.2. The summed E-state index contributed by atoms with van der Waals surface area (Å²) in [6, 6.07) is 4.61. The number of rotatable bonds is 6. The summed E-state index contributed by atoms with van der Waals surface area (Å²) in [5.74, 6) is -0.183. The van der Waals surface area contributed by atoms with E-state index in [1.807, 2.05) is 0 Å². The molecule has 0 aliphatic carbocycles. The average molecular weight is 441 g/mol. The maximum atomic E-state index is 13.2. The number of amides is 1. The van der Waals surface area contributed by atoms with Crippen molar-refractivity contribution in [1.29, 1.82) is 0 Å². The number of carbonyl (C=O) groups is 1. The minimum Gasteiger partial charge on any atom is -0.492 e. The summed E-state index contributed by atoms with van der Waals surface area (Å²) in [6.45, 7) is 4.77. The molecule has 2 aromatic rings. The lowest BCUT2D eigenvalue weighted by molar-refractivity contribution is 0.102. The summed E-state index contributed by atoms with van der Waals surface area (Å²) >= 11 is 6.16. The van der Waals surface area contributed by atoms with E-state index >= 15 is 0 Å². The van der Waals surface area contributed by atoms with Crippen molar-refractivity contribution in [1.82, 2.24) is 14.1 Å². The van der Waals surface area contributed by atoms with Crippen molar-refractivity contribution in [3.8, 4) is 5.75 Å². The van der Waals surface area contributed by atoms with Crippen molar-refractivity contribution in [2.24, 2.45) is 7.05 Å². The van der Waals surface area contributed by atoms with Gasteiger partial charge in [-0.15, -0.1) is 0 Å². The van der Waals surface area contributed by atoms with Crippen LogP contribution in [0.15, 0.2) is 23.1 Å². The molecule has 1 aromatic carbocycles. The van der Waals surface area contributed by atoms with Crippen molar-refractivity contribution >= 4 is 33.2 Å². The molecule has 0 atom stereocenters. The monoisotopic (exact) mass is 440 g/mol. The Bertz CT molecular complexity index is 1010. The second-order valence-electron chi connectivity index (χ2n) is 6.89. The number of nitrogens with one attached hydrogen (secondary N) is 1. The van der Waals surface area contributed by atoms with Crippen molar-refractivity contribution in [3.05, 3.63) is 34.6 Å². The number of nitrogens with zero attached hydrogens (tertiary/aromatic N) is 3. The van der Waals surface area contributed by atoms with Crippen molar-refractivity contribution in [3.63, 3.8) is 0 Å². The summed E-state index contributed by atoms with van der Waals surface area (Å²) in [5, 5.41) is 7.07. The first-order valence-corrected chi connectivity index (χ1v) is 11.3. The Hall–Kier alpha value is -2.10. The lowest BCUT2D eigenvalue weighted by atomic mass is 10.2. The molecule has 1 fully saturated rings. The fraction of sp³-hybridized carbons (Fsp3) is 0.474. The standard InChI is InChI=1S/C19H25ClN4O4S/c1-4-28-15-9-8-14(21-19(25)17-13(2)22-23(3)18(17)20)12-16(15)29(26,27)24-10-6-5-7-11-24/h8-9,12H,4-7,10-11H2,1-3H3,(H,21,25). The third-order valence-corrected chi connectivity index (χ3v) is 7.17. The zero-order chi connectivity index (χ0) is 21.2. The zero-order valence-electron chi connectivity index (χ0n) is 16.7. The summed E-state index contributed by atoms with van der Waals surface area (Å²) in [6.07, 6.45) is 2.68. The predicted molar refractivity (Wildman–Crippen MR) is 111 cm³/mol. The van der Waals surface area contributed by atoms with E-state index in [1.54, 1.807) is 33.0 Å². The van der Waals surface area contributed by atoms with Crippen LogP contribution < -0.4 is 10.1 Å². The zero-order valence-corrected chi connectivity index (χ0v) is 18.3. The molecular formula is C19H25ClN4O4S. The molecule has 1 saturated heterocycles. The van der Waals surface area contributed by atoms with E-state index in [9.17, 15) is 13.2 Å².